The van der Waals surface area contributed by atoms with Crippen LogP contribution in [0.1, 0.15) is 24.4 Å². The minimum absolute atomic E-state index is 0.0710. The standard InChI is InChI=1S/C21H22FN5O/c1-15-4-2-3-5-19(15)23-21(28)26-12-10-18(11-13-26)27-14-20(24-25-27)16-6-8-17(22)9-7-16/h2-9,14,18H,10-13H2,1H3,(H,23,28). The summed E-state index contributed by atoms with van der Waals surface area (Å²) in [5.74, 6) is -0.271. The first-order valence-corrected chi connectivity index (χ1v) is 9.39. The maximum absolute atomic E-state index is 13.1. The van der Waals surface area contributed by atoms with Crippen molar-refractivity contribution in [2.75, 3.05) is 18.4 Å². The van der Waals surface area contributed by atoms with Crippen molar-refractivity contribution in [2.24, 2.45) is 0 Å². The van der Waals surface area contributed by atoms with Gasteiger partial charge >= 0.3 is 6.03 Å². The Morgan fingerprint density at radius 1 is 1.11 bits per heavy atom. The number of urea groups is 1. The number of carbonyl (C=O) groups excluding carboxylic acids is 1. The molecule has 2 aromatic carbocycles. The first kappa shape index (κ1) is 18.2. The second-order valence-electron chi connectivity index (χ2n) is 7.05. The first-order valence-electron chi connectivity index (χ1n) is 9.39. The molecular formula is C21H22FN5O. The molecule has 6 nitrogen and oxygen atoms in total. The molecule has 2 amide bonds. The molecule has 1 aliphatic heterocycles. The number of rotatable bonds is 3. The van der Waals surface area contributed by atoms with E-state index in [0.29, 0.717) is 13.1 Å². The number of amides is 2. The lowest BCUT2D eigenvalue weighted by Gasteiger charge is -2.32. The molecule has 0 aliphatic carbocycles. The van der Waals surface area contributed by atoms with Crippen molar-refractivity contribution in [1.82, 2.24) is 19.9 Å². The molecule has 0 bridgehead atoms. The van der Waals surface area contributed by atoms with Crippen LogP contribution in [0.4, 0.5) is 14.9 Å². The van der Waals surface area contributed by atoms with Crippen molar-refractivity contribution in [2.45, 2.75) is 25.8 Å². The van der Waals surface area contributed by atoms with Crippen LogP contribution < -0.4 is 5.32 Å². The topological polar surface area (TPSA) is 63.1 Å². The Kier molecular flexibility index (Phi) is 5.06. The van der Waals surface area contributed by atoms with Crippen LogP contribution in [0.15, 0.2) is 54.7 Å². The fourth-order valence-corrected chi connectivity index (χ4v) is 3.45. The zero-order chi connectivity index (χ0) is 19.5. The van der Waals surface area contributed by atoms with Crippen LogP contribution in [-0.4, -0.2) is 39.0 Å². The zero-order valence-electron chi connectivity index (χ0n) is 15.7. The Morgan fingerprint density at radius 2 is 1.82 bits per heavy atom. The zero-order valence-corrected chi connectivity index (χ0v) is 15.7. The molecule has 0 spiro atoms. The molecule has 3 aromatic rings. The summed E-state index contributed by atoms with van der Waals surface area (Å²) in [6.45, 7) is 3.30. The molecule has 0 atom stereocenters. The number of halogens is 1. The van der Waals surface area contributed by atoms with Gasteiger partial charge in [0.2, 0.25) is 0 Å². The summed E-state index contributed by atoms with van der Waals surface area (Å²) in [5.41, 5.74) is 3.44. The van der Waals surface area contributed by atoms with E-state index in [9.17, 15) is 9.18 Å². The number of carbonyl (C=O) groups is 1. The molecule has 1 fully saturated rings. The first-order chi connectivity index (χ1) is 13.6. The molecule has 144 valence electrons. The van der Waals surface area contributed by atoms with Crippen molar-refractivity contribution >= 4 is 11.7 Å². The van der Waals surface area contributed by atoms with Crippen LogP contribution >= 0.6 is 0 Å². The molecule has 7 heteroatoms. The number of hydrogen-bond acceptors (Lipinski definition) is 3. The number of piperidine rings is 1. The Balaban J connectivity index is 1.36. The van der Waals surface area contributed by atoms with E-state index in [1.54, 1.807) is 12.1 Å². The maximum Gasteiger partial charge on any atom is 0.321 e. The molecule has 1 aromatic heterocycles. The number of aromatic nitrogens is 3. The minimum Gasteiger partial charge on any atom is -0.324 e. The third kappa shape index (κ3) is 3.88. The molecule has 2 heterocycles. The van der Waals surface area contributed by atoms with Crippen molar-refractivity contribution < 1.29 is 9.18 Å². The highest BCUT2D eigenvalue weighted by Gasteiger charge is 2.25. The van der Waals surface area contributed by atoms with E-state index in [0.717, 1.165) is 35.3 Å². The van der Waals surface area contributed by atoms with Crippen molar-refractivity contribution in [1.29, 1.82) is 0 Å². The average Bonchev–Trinajstić information content (AvgIpc) is 3.20. The van der Waals surface area contributed by atoms with Crippen molar-refractivity contribution in [3.63, 3.8) is 0 Å². The normalized spacial score (nSPS) is 14.9. The quantitative estimate of drug-likeness (QED) is 0.739. The summed E-state index contributed by atoms with van der Waals surface area (Å²) in [4.78, 5) is 14.4. The van der Waals surface area contributed by atoms with E-state index in [2.05, 4.69) is 15.6 Å². The predicted octanol–water partition coefficient (Wildman–Crippen LogP) is 4.26. The van der Waals surface area contributed by atoms with Gasteiger partial charge in [0.1, 0.15) is 11.5 Å². The van der Waals surface area contributed by atoms with Gasteiger partial charge < -0.3 is 10.2 Å². The Morgan fingerprint density at radius 3 is 2.54 bits per heavy atom. The van der Waals surface area contributed by atoms with Gasteiger partial charge in [-0.15, -0.1) is 5.10 Å². The largest absolute Gasteiger partial charge is 0.324 e. The molecule has 4 rings (SSSR count). The van der Waals surface area contributed by atoms with E-state index in [4.69, 9.17) is 0 Å². The monoisotopic (exact) mass is 379 g/mol. The smallest absolute Gasteiger partial charge is 0.321 e. The fraction of sp³-hybridized carbons (Fsp3) is 0.286. The fourth-order valence-electron chi connectivity index (χ4n) is 3.45. The lowest BCUT2D eigenvalue weighted by Crippen LogP contribution is -2.41. The molecule has 0 unspecified atom stereocenters. The van der Waals surface area contributed by atoms with Gasteiger partial charge in [-0.3, -0.25) is 0 Å². The SMILES string of the molecule is Cc1ccccc1NC(=O)N1CCC(n2cc(-c3ccc(F)cc3)nn2)CC1. The molecule has 1 aliphatic rings. The second kappa shape index (κ2) is 7.80. The van der Waals surface area contributed by atoms with Gasteiger partial charge in [0.05, 0.1) is 12.2 Å². The maximum atomic E-state index is 13.1. The van der Waals surface area contributed by atoms with Gasteiger partial charge in [0.25, 0.3) is 0 Å². The van der Waals surface area contributed by atoms with Gasteiger partial charge in [-0.1, -0.05) is 23.4 Å². The number of anilines is 1. The number of para-hydroxylation sites is 1. The second-order valence-corrected chi connectivity index (χ2v) is 7.05. The van der Waals surface area contributed by atoms with Crippen molar-refractivity contribution in [3.8, 4) is 11.3 Å². The van der Waals surface area contributed by atoms with Crippen LogP contribution in [-0.2, 0) is 0 Å². The van der Waals surface area contributed by atoms with Gasteiger partial charge in [-0.25, -0.2) is 13.9 Å². The summed E-state index contributed by atoms with van der Waals surface area (Å²) in [7, 11) is 0. The lowest BCUT2D eigenvalue weighted by molar-refractivity contribution is 0.179. The molecule has 1 saturated heterocycles. The Labute approximate surface area is 163 Å². The number of likely N-dealkylation sites (tertiary alicyclic amines) is 1. The molecular weight excluding hydrogens is 357 g/mol. The third-order valence-corrected chi connectivity index (χ3v) is 5.16. The summed E-state index contributed by atoms with van der Waals surface area (Å²) >= 11 is 0. The summed E-state index contributed by atoms with van der Waals surface area (Å²) < 4.78 is 14.9. The van der Waals surface area contributed by atoms with Gasteiger partial charge in [0, 0.05) is 24.3 Å². The van der Waals surface area contributed by atoms with E-state index < -0.39 is 0 Å². The van der Waals surface area contributed by atoms with Gasteiger partial charge in [-0.2, -0.15) is 0 Å². The van der Waals surface area contributed by atoms with Crippen LogP contribution in [0.2, 0.25) is 0 Å². The van der Waals surface area contributed by atoms with Gasteiger partial charge in [-0.05, 0) is 55.7 Å². The van der Waals surface area contributed by atoms with Crippen LogP contribution in [0.25, 0.3) is 11.3 Å². The molecule has 1 N–H and O–H groups in total. The predicted molar refractivity (Wildman–Crippen MR) is 105 cm³/mol. The van der Waals surface area contributed by atoms with E-state index in [-0.39, 0.29) is 17.9 Å². The Hall–Kier alpha value is -3.22. The van der Waals surface area contributed by atoms with Crippen LogP contribution in [0.3, 0.4) is 0 Å². The number of nitrogens with zero attached hydrogens (tertiary/aromatic N) is 4. The number of hydrogen-bond donors (Lipinski definition) is 1. The van der Waals surface area contributed by atoms with Crippen LogP contribution in [0, 0.1) is 12.7 Å². The highest BCUT2D eigenvalue weighted by molar-refractivity contribution is 5.90. The molecule has 0 saturated carbocycles. The van der Waals surface area contributed by atoms with E-state index in [1.165, 1.54) is 12.1 Å². The highest BCUT2D eigenvalue weighted by Crippen LogP contribution is 2.25. The van der Waals surface area contributed by atoms with Gasteiger partial charge in [0.15, 0.2) is 0 Å². The lowest BCUT2D eigenvalue weighted by atomic mass is 10.1. The Bertz CT molecular complexity index is 961. The molecule has 0 radical (unpaired) electrons. The van der Waals surface area contributed by atoms with Crippen molar-refractivity contribution in [3.05, 3.63) is 66.1 Å². The summed E-state index contributed by atoms with van der Waals surface area (Å²) in [6, 6.07) is 14.1. The summed E-state index contributed by atoms with van der Waals surface area (Å²) in [6.07, 6.45) is 3.52. The minimum atomic E-state index is -0.271. The number of nitrogens with one attached hydrogen (secondary N) is 1. The van der Waals surface area contributed by atoms with Crippen LogP contribution in [0.5, 0.6) is 0 Å². The summed E-state index contributed by atoms with van der Waals surface area (Å²) in [5, 5.41) is 11.4. The van der Waals surface area contributed by atoms with E-state index in [1.807, 2.05) is 47.0 Å². The highest BCUT2D eigenvalue weighted by atomic mass is 19.1. The number of aryl methyl sites for hydroxylation is 1. The molecule has 28 heavy (non-hydrogen) atoms. The average molecular weight is 379 g/mol. The third-order valence-electron chi connectivity index (χ3n) is 5.16. The number of benzene rings is 2. The van der Waals surface area contributed by atoms with E-state index >= 15 is 0 Å².